The van der Waals surface area contributed by atoms with Crippen molar-refractivity contribution in [2.24, 2.45) is 11.1 Å². The first kappa shape index (κ1) is 14.2. The summed E-state index contributed by atoms with van der Waals surface area (Å²) in [6.07, 6.45) is 0. The molecule has 3 N–H and O–H groups in total. The van der Waals surface area contributed by atoms with Crippen molar-refractivity contribution in [3.8, 4) is 0 Å². The minimum absolute atomic E-state index is 0.182. The number of carbonyl (C=O) groups excluding carboxylic acids is 1. The molecule has 0 saturated carbocycles. The van der Waals surface area contributed by atoms with Crippen LogP contribution < -0.4 is 5.73 Å². The molecule has 0 fully saturated rings. The van der Waals surface area contributed by atoms with Crippen molar-refractivity contribution in [2.75, 3.05) is 7.11 Å². The highest BCUT2D eigenvalue weighted by Gasteiger charge is 2.36. The van der Waals surface area contributed by atoms with Gasteiger partial charge in [-0.05, 0) is 31.5 Å². The maximum Gasteiger partial charge on any atom is 0.335 e. The van der Waals surface area contributed by atoms with Gasteiger partial charge in [-0.3, -0.25) is 4.79 Å². The van der Waals surface area contributed by atoms with Crippen LogP contribution in [0, 0.1) is 5.41 Å². The van der Waals surface area contributed by atoms with Crippen molar-refractivity contribution in [1.82, 2.24) is 0 Å². The summed E-state index contributed by atoms with van der Waals surface area (Å²) in [6.45, 7) is 3.38. The van der Waals surface area contributed by atoms with E-state index in [0.29, 0.717) is 5.56 Å². The van der Waals surface area contributed by atoms with E-state index in [9.17, 15) is 9.59 Å². The third-order valence-electron chi connectivity index (χ3n) is 3.01. The van der Waals surface area contributed by atoms with Crippen LogP contribution >= 0.6 is 0 Å². The number of hydrogen-bond donors (Lipinski definition) is 2. The highest BCUT2D eigenvalue weighted by Crippen LogP contribution is 2.32. The number of benzene rings is 1. The molecule has 0 unspecified atom stereocenters. The Kier molecular flexibility index (Phi) is 4.08. The lowest BCUT2D eigenvalue weighted by molar-refractivity contribution is -0.152. The summed E-state index contributed by atoms with van der Waals surface area (Å²) in [6, 6.07) is 5.58. The van der Waals surface area contributed by atoms with E-state index >= 15 is 0 Å². The molecule has 0 radical (unpaired) electrons. The fourth-order valence-electron chi connectivity index (χ4n) is 1.64. The van der Waals surface area contributed by atoms with Gasteiger partial charge in [-0.25, -0.2) is 4.79 Å². The smallest absolute Gasteiger partial charge is 0.335 e. The molecular weight excluding hydrogens is 234 g/mol. The number of methoxy groups -OCH3 is 1. The Labute approximate surface area is 106 Å². The van der Waals surface area contributed by atoms with Gasteiger partial charge in [0, 0.05) is 6.04 Å². The third-order valence-corrected chi connectivity index (χ3v) is 3.01. The Bertz CT molecular complexity index is 451. The molecule has 0 bridgehead atoms. The Hall–Kier alpha value is -1.88. The van der Waals surface area contributed by atoms with Crippen LogP contribution in [-0.4, -0.2) is 24.2 Å². The molecule has 1 atom stereocenters. The number of nitrogens with two attached hydrogens (primary N) is 1. The average Bonchev–Trinajstić information content (AvgIpc) is 2.36. The molecule has 1 rings (SSSR count). The molecule has 1 aromatic carbocycles. The summed E-state index contributed by atoms with van der Waals surface area (Å²) in [7, 11) is 1.31. The van der Waals surface area contributed by atoms with Crippen LogP contribution in [0.1, 0.15) is 35.8 Å². The number of carboxylic acids is 1. The SMILES string of the molecule is COC(=O)C(C)(C)[C@H](N)c1ccc(C(=O)O)cc1. The molecule has 18 heavy (non-hydrogen) atoms. The van der Waals surface area contributed by atoms with Crippen molar-refractivity contribution >= 4 is 11.9 Å². The molecule has 0 aromatic heterocycles. The second-order valence-electron chi connectivity index (χ2n) is 4.62. The monoisotopic (exact) mass is 251 g/mol. The maximum absolute atomic E-state index is 11.6. The van der Waals surface area contributed by atoms with Crippen molar-refractivity contribution in [3.05, 3.63) is 35.4 Å². The van der Waals surface area contributed by atoms with Crippen molar-refractivity contribution in [2.45, 2.75) is 19.9 Å². The van der Waals surface area contributed by atoms with Gasteiger partial charge in [-0.1, -0.05) is 12.1 Å². The first-order chi connectivity index (χ1) is 8.30. The summed E-state index contributed by atoms with van der Waals surface area (Å²) >= 11 is 0. The van der Waals surface area contributed by atoms with Crippen LogP contribution in [0.2, 0.25) is 0 Å². The standard InChI is InChI=1S/C13H17NO4/c1-13(2,12(17)18-3)10(14)8-4-6-9(7-5-8)11(15)16/h4-7,10H,14H2,1-3H3,(H,15,16)/t10-/m1/s1. The molecule has 0 amide bonds. The highest BCUT2D eigenvalue weighted by atomic mass is 16.5. The van der Waals surface area contributed by atoms with Gasteiger partial charge in [0.25, 0.3) is 0 Å². The van der Waals surface area contributed by atoms with E-state index in [4.69, 9.17) is 15.6 Å². The number of hydrogen-bond acceptors (Lipinski definition) is 4. The van der Waals surface area contributed by atoms with E-state index in [1.54, 1.807) is 26.0 Å². The third kappa shape index (κ3) is 2.68. The van der Waals surface area contributed by atoms with E-state index in [1.807, 2.05) is 0 Å². The second-order valence-corrected chi connectivity index (χ2v) is 4.62. The van der Waals surface area contributed by atoms with Crippen LogP contribution in [0.15, 0.2) is 24.3 Å². The lowest BCUT2D eigenvalue weighted by atomic mass is 9.81. The predicted molar refractivity (Wildman–Crippen MR) is 66.1 cm³/mol. The van der Waals surface area contributed by atoms with E-state index < -0.39 is 23.4 Å². The lowest BCUT2D eigenvalue weighted by Crippen LogP contribution is -2.37. The van der Waals surface area contributed by atoms with E-state index in [2.05, 4.69) is 0 Å². The lowest BCUT2D eigenvalue weighted by Gasteiger charge is -2.28. The molecule has 0 heterocycles. The first-order valence-corrected chi connectivity index (χ1v) is 5.48. The molecule has 5 nitrogen and oxygen atoms in total. The van der Waals surface area contributed by atoms with Crippen LogP contribution in [0.3, 0.4) is 0 Å². The maximum atomic E-state index is 11.6. The van der Waals surface area contributed by atoms with Crippen LogP contribution in [0.4, 0.5) is 0 Å². The summed E-state index contributed by atoms with van der Waals surface area (Å²) < 4.78 is 4.71. The van der Waals surface area contributed by atoms with E-state index in [-0.39, 0.29) is 5.56 Å². The summed E-state index contributed by atoms with van der Waals surface area (Å²) in [4.78, 5) is 22.4. The Morgan fingerprint density at radius 2 is 1.78 bits per heavy atom. The number of carboxylic acid groups (broad SMARTS) is 1. The zero-order chi connectivity index (χ0) is 13.9. The molecule has 0 aliphatic rings. The van der Waals surface area contributed by atoms with Crippen molar-refractivity contribution < 1.29 is 19.4 Å². The quantitative estimate of drug-likeness (QED) is 0.793. The highest BCUT2D eigenvalue weighted by molar-refractivity contribution is 5.87. The van der Waals surface area contributed by atoms with Gasteiger partial charge in [-0.15, -0.1) is 0 Å². The molecular formula is C13H17NO4. The molecule has 0 saturated heterocycles. The minimum atomic E-state index is -0.998. The number of esters is 1. The summed E-state index contributed by atoms with van der Waals surface area (Å²) in [5.41, 5.74) is 6.02. The van der Waals surface area contributed by atoms with E-state index in [0.717, 1.165) is 0 Å². The number of ether oxygens (including phenoxy) is 1. The van der Waals surface area contributed by atoms with Crippen LogP contribution in [0.5, 0.6) is 0 Å². The Balaban J connectivity index is 3.00. The molecule has 0 aliphatic carbocycles. The molecule has 98 valence electrons. The summed E-state index contributed by atoms with van der Waals surface area (Å²) in [5.74, 6) is -1.40. The van der Waals surface area contributed by atoms with Gasteiger partial charge in [0.05, 0.1) is 18.1 Å². The fourth-order valence-corrected chi connectivity index (χ4v) is 1.64. The average molecular weight is 251 g/mol. The van der Waals surface area contributed by atoms with Gasteiger partial charge >= 0.3 is 11.9 Å². The zero-order valence-corrected chi connectivity index (χ0v) is 10.6. The van der Waals surface area contributed by atoms with E-state index in [1.165, 1.54) is 19.2 Å². The molecule has 1 aromatic rings. The number of aromatic carboxylic acids is 1. The van der Waals surface area contributed by atoms with Gasteiger partial charge in [0.15, 0.2) is 0 Å². The zero-order valence-electron chi connectivity index (χ0n) is 10.6. The number of rotatable bonds is 4. The molecule has 0 aliphatic heterocycles. The summed E-state index contributed by atoms with van der Waals surface area (Å²) in [5, 5.41) is 8.80. The largest absolute Gasteiger partial charge is 0.478 e. The minimum Gasteiger partial charge on any atom is -0.478 e. The Morgan fingerprint density at radius 3 is 2.17 bits per heavy atom. The molecule has 5 heteroatoms. The van der Waals surface area contributed by atoms with Gasteiger partial charge in [0.2, 0.25) is 0 Å². The fraction of sp³-hybridized carbons (Fsp3) is 0.385. The van der Waals surface area contributed by atoms with Crippen molar-refractivity contribution in [3.63, 3.8) is 0 Å². The first-order valence-electron chi connectivity index (χ1n) is 5.48. The normalized spacial score (nSPS) is 12.9. The van der Waals surface area contributed by atoms with Crippen molar-refractivity contribution in [1.29, 1.82) is 0 Å². The van der Waals surface area contributed by atoms with Gasteiger partial charge < -0.3 is 15.6 Å². The second kappa shape index (κ2) is 5.18. The van der Waals surface area contributed by atoms with Crippen LogP contribution in [-0.2, 0) is 9.53 Å². The molecule has 0 spiro atoms. The van der Waals surface area contributed by atoms with Crippen LogP contribution in [0.25, 0.3) is 0 Å². The number of carbonyl (C=O) groups is 2. The predicted octanol–water partition coefficient (Wildman–Crippen LogP) is 1.58. The topological polar surface area (TPSA) is 89.6 Å². The van der Waals surface area contributed by atoms with Gasteiger partial charge in [0.1, 0.15) is 0 Å². The Morgan fingerprint density at radius 1 is 1.28 bits per heavy atom. The van der Waals surface area contributed by atoms with Gasteiger partial charge in [-0.2, -0.15) is 0 Å².